The molecule has 1 N–H and O–H groups in total. The van der Waals surface area contributed by atoms with Gasteiger partial charge in [-0.05, 0) is 37.3 Å². The zero-order chi connectivity index (χ0) is 15.4. The number of ether oxygens (including phenoxy) is 1. The molecule has 1 aliphatic heterocycles. The summed E-state index contributed by atoms with van der Waals surface area (Å²) in [5.74, 6) is -0.461. The van der Waals surface area contributed by atoms with Crippen LogP contribution in [0.4, 0.5) is 0 Å². The average Bonchev–Trinajstić information content (AvgIpc) is 2.47. The largest absolute Gasteiger partial charge is 0.507 e. The number of rotatable bonds is 3. The van der Waals surface area contributed by atoms with Crippen LogP contribution in [0.25, 0.3) is 0 Å². The van der Waals surface area contributed by atoms with E-state index in [0.29, 0.717) is 18.0 Å². The van der Waals surface area contributed by atoms with Crippen LogP contribution in [-0.2, 0) is 9.53 Å². The predicted molar refractivity (Wildman–Crippen MR) is 78.1 cm³/mol. The Bertz CT molecular complexity index is 541. The lowest BCUT2D eigenvalue weighted by Gasteiger charge is -2.30. The standard InChI is InChI=1S/C16H21NO4/c1-11-5-4-8-17(9-11)14(18)10-21-16(20)13-7-3-6-12(2)15(13)19/h3,6-7,11,19H,4-5,8-10H2,1-2H3/t11-/m0/s1. The first-order chi connectivity index (χ1) is 9.99. The van der Waals surface area contributed by atoms with E-state index < -0.39 is 5.97 Å². The van der Waals surface area contributed by atoms with Crippen molar-refractivity contribution in [1.82, 2.24) is 4.90 Å². The van der Waals surface area contributed by atoms with Gasteiger partial charge in [0.25, 0.3) is 5.91 Å². The van der Waals surface area contributed by atoms with Crippen LogP contribution in [0.2, 0.25) is 0 Å². The Kier molecular flexibility index (Phi) is 4.83. The molecular formula is C16H21NO4. The number of hydrogen-bond acceptors (Lipinski definition) is 4. The summed E-state index contributed by atoms with van der Waals surface area (Å²) in [6.07, 6.45) is 2.11. The van der Waals surface area contributed by atoms with Gasteiger partial charge in [-0.15, -0.1) is 0 Å². The molecule has 0 spiro atoms. The zero-order valence-electron chi connectivity index (χ0n) is 12.5. The number of hydrogen-bond donors (Lipinski definition) is 1. The number of carbonyl (C=O) groups excluding carboxylic acids is 2. The molecule has 5 heteroatoms. The van der Waals surface area contributed by atoms with Gasteiger partial charge < -0.3 is 14.7 Å². The molecule has 0 aromatic heterocycles. The third-order valence-electron chi connectivity index (χ3n) is 3.79. The fourth-order valence-corrected chi connectivity index (χ4v) is 2.54. The maximum absolute atomic E-state index is 12.0. The Labute approximate surface area is 124 Å². The Hall–Kier alpha value is -2.04. The summed E-state index contributed by atoms with van der Waals surface area (Å²) in [5, 5.41) is 9.82. The smallest absolute Gasteiger partial charge is 0.342 e. The molecule has 0 bridgehead atoms. The molecule has 21 heavy (non-hydrogen) atoms. The number of carbonyl (C=O) groups is 2. The minimum Gasteiger partial charge on any atom is -0.507 e. The summed E-state index contributed by atoms with van der Waals surface area (Å²) in [5.41, 5.74) is 0.690. The minimum absolute atomic E-state index is 0.0924. The van der Waals surface area contributed by atoms with Crippen molar-refractivity contribution in [3.63, 3.8) is 0 Å². The van der Waals surface area contributed by atoms with Crippen molar-refractivity contribution in [3.8, 4) is 5.75 Å². The van der Waals surface area contributed by atoms with Crippen LogP contribution < -0.4 is 0 Å². The number of likely N-dealkylation sites (tertiary alicyclic amines) is 1. The molecular weight excluding hydrogens is 270 g/mol. The summed E-state index contributed by atoms with van der Waals surface area (Å²) in [4.78, 5) is 25.7. The molecule has 1 heterocycles. The summed E-state index contributed by atoms with van der Waals surface area (Å²) >= 11 is 0. The van der Waals surface area contributed by atoms with E-state index in [2.05, 4.69) is 6.92 Å². The minimum atomic E-state index is -0.672. The number of benzene rings is 1. The van der Waals surface area contributed by atoms with Crippen LogP contribution in [0.3, 0.4) is 0 Å². The lowest BCUT2D eigenvalue weighted by molar-refractivity contribution is -0.136. The fourth-order valence-electron chi connectivity index (χ4n) is 2.54. The molecule has 1 amide bonds. The van der Waals surface area contributed by atoms with Gasteiger partial charge in [0, 0.05) is 13.1 Å². The normalized spacial score (nSPS) is 18.4. The molecule has 114 valence electrons. The molecule has 0 unspecified atom stereocenters. The summed E-state index contributed by atoms with van der Waals surface area (Å²) in [6, 6.07) is 4.85. The second kappa shape index (κ2) is 6.61. The van der Waals surface area contributed by atoms with E-state index in [4.69, 9.17) is 4.74 Å². The van der Waals surface area contributed by atoms with Crippen LogP contribution in [0, 0.1) is 12.8 Å². The molecule has 1 fully saturated rings. The highest BCUT2D eigenvalue weighted by Crippen LogP contribution is 2.22. The second-order valence-corrected chi connectivity index (χ2v) is 5.63. The Balaban J connectivity index is 1.91. The van der Waals surface area contributed by atoms with E-state index in [9.17, 15) is 14.7 Å². The van der Waals surface area contributed by atoms with Crippen LogP contribution in [0.5, 0.6) is 5.75 Å². The molecule has 0 radical (unpaired) electrons. The van der Waals surface area contributed by atoms with E-state index in [1.54, 1.807) is 24.0 Å². The summed E-state index contributed by atoms with van der Waals surface area (Å²) in [7, 11) is 0. The first-order valence-electron chi connectivity index (χ1n) is 7.22. The van der Waals surface area contributed by atoms with Gasteiger partial charge in [0.05, 0.1) is 0 Å². The van der Waals surface area contributed by atoms with Crippen molar-refractivity contribution in [3.05, 3.63) is 29.3 Å². The van der Waals surface area contributed by atoms with Crippen molar-refractivity contribution in [2.24, 2.45) is 5.92 Å². The number of nitrogens with zero attached hydrogens (tertiary/aromatic N) is 1. The molecule has 0 saturated carbocycles. The van der Waals surface area contributed by atoms with E-state index in [-0.39, 0.29) is 23.8 Å². The van der Waals surface area contributed by atoms with Crippen LogP contribution in [0.1, 0.15) is 35.7 Å². The first-order valence-corrected chi connectivity index (χ1v) is 7.22. The van der Waals surface area contributed by atoms with Crippen LogP contribution in [-0.4, -0.2) is 41.6 Å². The maximum atomic E-state index is 12.0. The van der Waals surface area contributed by atoms with Crippen LogP contribution in [0.15, 0.2) is 18.2 Å². The molecule has 0 aliphatic carbocycles. The monoisotopic (exact) mass is 291 g/mol. The van der Waals surface area contributed by atoms with Crippen molar-refractivity contribution >= 4 is 11.9 Å². The van der Waals surface area contributed by atoms with Crippen molar-refractivity contribution < 1.29 is 19.4 Å². The fraction of sp³-hybridized carbons (Fsp3) is 0.500. The average molecular weight is 291 g/mol. The Morgan fingerprint density at radius 2 is 2.19 bits per heavy atom. The van der Waals surface area contributed by atoms with E-state index >= 15 is 0 Å². The quantitative estimate of drug-likeness (QED) is 0.866. The molecule has 2 rings (SSSR count). The SMILES string of the molecule is Cc1cccc(C(=O)OCC(=O)N2CCC[C@H](C)C2)c1O. The maximum Gasteiger partial charge on any atom is 0.342 e. The van der Waals surface area contributed by atoms with Gasteiger partial charge in [-0.25, -0.2) is 4.79 Å². The van der Waals surface area contributed by atoms with Crippen molar-refractivity contribution in [1.29, 1.82) is 0 Å². The third-order valence-corrected chi connectivity index (χ3v) is 3.79. The number of piperidine rings is 1. The van der Waals surface area contributed by atoms with Crippen LogP contribution >= 0.6 is 0 Å². The summed E-state index contributed by atoms with van der Waals surface area (Å²) < 4.78 is 5.02. The number of aromatic hydroxyl groups is 1. The summed E-state index contributed by atoms with van der Waals surface area (Å²) in [6.45, 7) is 4.96. The first kappa shape index (κ1) is 15.4. The van der Waals surface area contributed by atoms with Gasteiger partial charge in [0.2, 0.25) is 0 Å². The Morgan fingerprint density at radius 1 is 1.43 bits per heavy atom. The Morgan fingerprint density at radius 3 is 2.90 bits per heavy atom. The molecule has 1 aliphatic rings. The highest BCUT2D eigenvalue weighted by atomic mass is 16.5. The number of phenols is 1. The molecule has 1 saturated heterocycles. The van der Waals surface area contributed by atoms with E-state index in [1.165, 1.54) is 6.07 Å². The van der Waals surface area contributed by atoms with Gasteiger partial charge in [-0.1, -0.05) is 19.1 Å². The number of esters is 1. The zero-order valence-corrected chi connectivity index (χ0v) is 12.5. The lowest BCUT2D eigenvalue weighted by Crippen LogP contribution is -2.41. The van der Waals surface area contributed by atoms with Gasteiger partial charge >= 0.3 is 5.97 Å². The lowest BCUT2D eigenvalue weighted by atomic mass is 10.0. The second-order valence-electron chi connectivity index (χ2n) is 5.63. The van der Waals surface area contributed by atoms with Gasteiger partial charge in [-0.3, -0.25) is 4.79 Å². The van der Waals surface area contributed by atoms with Crippen molar-refractivity contribution in [2.45, 2.75) is 26.7 Å². The number of amides is 1. The van der Waals surface area contributed by atoms with Gasteiger partial charge in [0.1, 0.15) is 11.3 Å². The topological polar surface area (TPSA) is 66.8 Å². The number of para-hydroxylation sites is 1. The molecule has 5 nitrogen and oxygen atoms in total. The van der Waals surface area contributed by atoms with E-state index in [0.717, 1.165) is 19.4 Å². The van der Waals surface area contributed by atoms with Crippen molar-refractivity contribution in [2.75, 3.05) is 19.7 Å². The molecule has 1 aromatic rings. The van der Waals surface area contributed by atoms with Gasteiger partial charge in [-0.2, -0.15) is 0 Å². The third kappa shape index (κ3) is 3.74. The number of aryl methyl sites for hydroxylation is 1. The highest BCUT2D eigenvalue weighted by molar-refractivity contribution is 5.94. The number of phenolic OH excluding ortho intramolecular Hbond substituents is 1. The highest BCUT2D eigenvalue weighted by Gasteiger charge is 2.22. The molecule has 1 atom stereocenters. The van der Waals surface area contributed by atoms with Gasteiger partial charge in [0.15, 0.2) is 6.61 Å². The van der Waals surface area contributed by atoms with E-state index in [1.807, 2.05) is 0 Å². The molecule has 1 aromatic carbocycles. The predicted octanol–water partition coefficient (Wildman–Crippen LogP) is 2.12.